The maximum Gasteiger partial charge on any atom is 0.0820 e. The molecule has 3 N–H and O–H groups in total. The van der Waals surface area contributed by atoms with E-state index < -0.39 is 0 Å². The van der Waals surface area contributed by atoms with Gasteiger partial charge in [0.15, 0.2) is 0 Å². The van der Waals surface area contributed by atoms with Gasteiger partial charge >= 0.3 is 0 Å². The number of rotatable bonds is 3. The third-order valence-corrected chi connectivity index (χ3v) is 4.24. The van der Waals surface area contributed by atoms with Crippen molar-refractivity contribution in [1.82, 2.24) is 5.43 Å². The van der Waals surface area contributed by atoms with Crippen molar-refractivity contribution >= 4 is 11.3 Å². The van der Waals surface area contributed by atoms with Crippen molar-refractivity contribution in [2.75, 3.05) is 6.61 Å². The second-order valence-corrected chi connectivity index (χ2v) is 5.16. The Kier molecular flexibility index (Phi) is 3.41. The third kappa shape index (κ3) is 2.08. The molecule has 1 aromatic rings. The van der Waals surface area contributed by atoms with Gasteiger partial charge in [-0.05, 0) is 36.3 Å². The van der Waals surface area contributed by atoms with Crippen LogP contribution in [-0.4, -0.2) is 12.7 Å². The van der Waals surface area contributed by atoms with E-state index in [9.17, 15) is 0 Å². The molecule has 2 rings (SSSR count). The third-order valence-electron chi connectivity index (χ3n) is 3.14. The molecule has 15 heavy (non-hydrogen) atoms. The van der Waals surface area contributed by atoms with Crippen molar-refractivity contribution in [2.24, 2.45) is 11.8 Å². The second kappa shape index (κ2) is 4.61. The first-order valence-corrected chi connectivity index (χ1v) is 6.23. The van der Waals surface area contributed by atoms with Crippen molar-refractivity contribution in [3.05, 3.63) is 21.9 Å². The normalized spacial score (nSPS) is 28.2. The predicted octanol–water partition coefficient (Wildman–Crippen LogP) is 1.99. The van der Waals surface area contributed by atoms with Crippen LogP contribution in [0.3, 0.4) is 0 Å². The molecule has 0 aliphatic carbocycles. The fraction of sp³-hybridized carbons (Fsp3) is 0.636. The van der Waals surface area contributed by atoms with Crippen molar-refractivity contribution in [1.29, 1.82) is 0 Å². The first-order chi connectivity index (χ1) is 7.24. The lowest BCUT2D eigenvalue weighted by atomic mass is 9.96. The smallest absolute Gasteiger partial charge is 0.0820 e. The van der Waals surface area contributed by atoms with Crippen LogP contribution in [0.4, 0.5) is 0 Å². The Labute approximate surface area is 94.6 Å². The molecule has 4 heteroatoms. The van der Waals surface area contributed by atoms with Crippen LogP contribution in [-0.2, 0) is 4.74 Å². The Balaban J connectivity index is 2.20. The average molecular weight is 226 g/mol. The molecule has 1 aromatic heterocycles. The Morgan fingerprint density at radius 2 is 2.47 bits per heavy atom. The van der Waals surface area contributed by atoms with Gasteiger partial charge in [0.1, 0.15) is 0 Å². The van der Waals surface area contributed by atoms with E-state index in [0.29, 0.717) is 5.92 Å². The number of hydrogen-bond donors (Lipinski definition) is 2. The summed E-state index contributed by atoms with van der Waals surface area (Å²) in [6, 6.07) is 2.27. The van der Waals surface area contributed by atoms with Gasteiger partial charge in [-0.25, -0.2) is 5.43 Å². The van der Waals surface area contributed by atoms with E-state index >= 15 is 0 Å². The van der Waals surface area contributed by atoms with Crippen LogP contribution >= 0.6 is 11.3 Å². The molecule has 3 unspecified atom stereocenters. The predicted molar refractivity (Wildman–Crippen MR) is 62.6 cm³/mol. The number of aryl methyl sites for hydroxylation is 1. The fourth-order valence-electron chi connectivity index (χ4n) is 2.17. The summed E-state index contributed by atoms with van der Waals surface area (Å²) in [6.45, 7) is 5.20. The zero-order chi connectivity index (χ0) is 10.8. The highest BCUT2D eigenvalue weighted by atomic mass is 32.1. The molecule has 84 valence electrons. The van der Waals surface area contributed by atoms with Gasteiger partial charge in [0, 0.05) is 11.5 Å². The summed E-state index contributed by atoms with van der Waals surface area (Å²) in [6.07, 6.45) is 1.35. The van der Waals surface area contributed by atoms with Crippen LogP contribution in [0, 0.1) is 12.8 Å². The first kappa shape index (κ1) is 11.1. The number of thiophene rings is 1. The van der Waals surface area contributed by atoms with Gasteiger partial charge < -0.3 is 4.74 Å². The molecule has 0 amide bonds. The van der Waals surface area contributed by atoms with E-state index in [4.69, 9.17) is 10.6 Å². The minimum absolute atomic E-state index is 0.141. The Bertz CT molecular complexity index is 326. The van der Waals surface area contributed by atoms with E-state index in [1.54, 1.807) is 11.3 Å². The number of hydrazine groups is 1. The van der Waals surface area contributed by atoms with E-state index in [1.165, 1.54) is 10.4 Å². The Morgan fingerprint density at radius 1 is 1.67 bits per heavy atom. The number of nitrogens with two attached hydrogens (primary N) is 1. The van der Waals surface area contributed by atoms with E-state index in [-0.39, 0.29) is 12.1 Å². The maximum absolute atomic E-state index is 5.76. The van der Waals surface area contributed by atoms with Crippen molar-refractivity contribution in [2.45, 2.75) is 32.4 Å². The molecule has 2 heterocycles. The highest BCUT2D eigenvalue weighted by molar-refractivity contribution is 7.10. The summed E-state index contributed by atoms with van der Waals surface area (Å²) in [5.41, 5.74) is 4.20. The molecule has 3 atom stereocenters. The van der Waals surface area contributed by atoms with Crippen molar-refractivity contribution < 1.29 is 4.74 Å². The molecule has 1 aliphatic heterocycles. The van der Waals surface area contributed by atoms with Crippen LogP contribution in [0.1, 0.15) is 29.8 Å². The molecule has 0 saturated carbocycles. The van der Waals surface area contributed by atoms with E-state index in [1.807, 2.05) is 0 Å². The topological polar surface area (TPSA) is 47.3 Å². The molecular weight excluding hydrogens is 208 g/mol. The molecule has 0 spiro atoms. The van der Waals surface area contributed by atoms with Crippen LogP contribution in [0.15, 0.2) is 11.4 Å². The average Bonchev–Trinajstić information content (AvgIpc) is 2.80. The second-order valence-electron chi connectivity index (χ2n) is 4.21. The van der Waals surface area contributed by atoms with Crippen molar-refractivity contribution in [3.8, 4) is 0 Å². The summed E-state index contributed by atoms with van der Waals surface area (Å²) < 4.78 is 5.76. The summed E-state index contributed by atoms with van der Waals surface area (Å²) >= 11 is 1.75. The molecule has 3 nitrogen and oxygen atoms in total. The minimum Gasteiger partial charge on any atom is -0.376 e. The van der Waals surface area contributed by atoms with Gasteiger partial charge in [-0.2, -0.15) is 0 Å². The first-order valence-electron chi connectivity index (χ1n) is 5.35. The van der Waals surface area contributed by atoms with E-state index in [0.717, 1.165) is 13.0 Å². The maximum atomic E-state index is 5.76. The molecule has 1 saturated heterocycles. The van der Waals surface area contributed by atoms with Gasteiger partial charge in [0.05, 0.1) is 12.1 Å². The molecule has 0 bridgehead atoms. The van der Waals surface area contributed by atoms with E-state index in [2.05, 4.69) is 30.7 Å². The number of ether oxygens (including phenoxy) is 1. The molecule has 0 radical (unpaired) electrons. The zero-order valence-corrected chi connectivity index (χ0v) is 10.0. The molecule has 0 aromatic carbocycles. The standard InChI is InChI=1S/C11H18N2OS/c1-7-3-5-14-10(7)9(13-12)11-8(2)4-6-15-11/h4,6-7,9-10,13H,3,5,12H2,1-2H3. The molecule has 1 fully saturated rings. The number of nitrogens with one attached hydrogen (secondary N) is 1. The monoisotopic (exact) mass is 226 g/mol. The van der Waals surface area contributed by atoms with Gasteiger partial charge in [0.2, 0.25) is 0 Å². The Morgan fingerprint density at radius 3 is 2.93 bits per heavy atom. The van der Waals surface area contributed by atoms with Crippen LogP contribution in [0.25, 0.3) is 0 Å². The number of hydrogen-bond acceptors (Lipinski definition) is 4. The highest BCUT2D eigenvalue weighted by Gasteiger charge is 2.33. The lowest BCUT2D eigenvalue weighted by Gasteiger charge is -2.25. The lowest BCUT2D eigenvalue weighted by Crippen LogP contribution is -2.38. The SMILES string of the molecule is Cc1ccsc1C(NN)C1OCCC1C. The summed E-state index contributed by atoms with van der Waals surface area (Å²) in [5.74, 6) is 6.23. The Hall–Kier alpha value is -0.420. The fourth-order valence-corrected chi connectivity index (χ4v) is 3.19. The largest absolute Gasteiger partial charge is 0.376 e. The summed E-state index contributed by atoms with van der Waals surface area (Å²) in [5, 5.41) is 2.11. The molecular formula is C11H18N2OS. The zero-order valence-electron chi connectivity index (χ0n) is 9.19. The minimum atomic E-state index is 0.141. The van der Waals surface area contributed by atoms with Gasteiger partial charge in [-0.1, -0.05) is 6.92 Å². The van der Waals surface area contributed by atoms with Gasteiger partial charge in [0.25, 0.3) is 0 Å². The van der Waals surface area contributed by atoms with Crippen LogP contribution in [0.5, 0.6) is 0 Å². The summed E-state index contributed by atoms with van der Waals surface area (Å²) in [4.78, 5) is 1.30. The van der Waals surface area contributed by atoms with Gasteiger partial charge in [-0.3, -0.25) is 5.84 Å². The highest BCUT2D eigenvalue weighted by Crippen LogP contribution is 2.34. The van der Waals surface area contributed by atoms with Crippen LogP contribution < -0.4 is 11.3 Å². The van der Waals surface area contributed by atoms with Crippen molar-refractivity contribution in [3.63, 3.8) is 0 Å². The molecule has 1 aliphatic rings. The lowest BCUT2D eigenvalue weighted by molar-refractivity contribution is 0.0616. The quantitative estimate of drug-likeness (QED) is 0.612. The van der Waals surface area contributed by atoms with Crippen LogP contribution in [0.2, 0.25) is 0 Å². The summed E-state index contributed by atoms with van der Waals surface area (Å²) in [7, 11) is 0. The van der Waals surface area contributed by atoms with Gasteiger partial charge in [-0.15, -0.1) is 11.3 Å².